The summed E-state index contributed by atoms with van der Waals surface area (Å²) in [6.45, 7) is 2.96. The van der Waals surface area contributed by atoms with Gasteiger partial charge in [0.2, 0.25) is 6.79 Å². The van der Waals surface area contributed by atoms with Gasteiger partial charge in [-0.05, 0) is 35.9 Å². The largest absolute Gasteiger partial charge is 0.454 e. The van der Waals surface area contributed by atoms with Gasteiger partial charge in [-0.15, -0.1) is 0 Å². The zero-order chi connectivity index (χ0) is 26.4. The molecule has 0 radical (unpaired) electrons. The Morgan fingerprint density at radius 3 is 2.42 bits per heavy atom. The quantitative estimate of drug-likeness (QED) is 0.370. The minimum atomic E-state index is -4.70. The number of amides is 1. The molecule has 196 valence electrons. The maximum Gasteiger partial charge on any atom is 0.433 e. The van der Waals surface area contributed by atoms with E-state index in [0.29, 0.717) is 53.6 Å². The van der Waals surface area contributed by atoms with Crippen LogP contribution in [0.2, 0.25) is 5.02 Å². The molecule has 0 spiro atoms. The summed E-state index contributed by atoms with van der Waals surface area (Å²) in [6, 6.07) is 14.4. The van der Waals surface area contributed by atoms with Gasteiger partial charge in [-0.3, -0.25) is 9.69 Å². The Labute approximate surface area is 220 Å². The second-order valence-corrected chi connectivity index (χ2v) is 9.52. The summed E-state index contributed by atoms with van der Waals surface area (Å²) < 4.78 is 53.2. The van der Waals surface area contributed by atoms with Crippen LogP contribution < -0.4 is 9.47 Å². The van der Waals surface area contributed by atoms with Crippen molar-refractivity contribution in [3.63, 3.8) is 0 Å². The molecule has 6 rings (SSSR count). The lowest BCUT2D eigenvalue weighted by Crippen LogP contribution is -2.48. The molecule has 2 aliphatic rings. The SMILES string of the molecule is O=C(c1cc2nc(-c3ccc(Cl)cc3)cc(C(F)(F)F)n2n1)N1CCN(Cc2ccc3c(c2)OCO3)CC1. The van der Waals surface area contributed by atoms with Crippen LogP contribution in [0.4, 0.5) is 13.2 Å². The zero-order valence-electron chi connectivity index (χ0n) is 19.9. The Bertz CT molecular complexity index is 1520. The average molecular weight is 544 g/mol. The molecule has 8 nitrogen and oxygen atoms in total. The van der Waals surface area contributed by atoms with E-state index in [4.69, 9.17) is 21.1 Å². The van der Waals surface area contributed by atoms with Crippen molar-refractivity contribution in [3.05, 3.63) is 76.6 Å². The fourth-order valence-corrected chi connectivity index (χ4v) is 4.74. The third-order valence-electron chi connectivity index (χ3n) is 6.58. The Morgan fingerprint density at radius 2 is 1.68 bits per heavy atom. The van der Waals surface area contributed by atoms with Crippen LogP contribution in [0.25, 0.3) is 16.9 Å². The van der Waals surface area contributed by atoms with E-state index >= 15 is 0 Å². The summed E-state index contributed by atoms with van der Waals surface area (Å²) in [6.07, 6.45) is -4.70. The average Bonchev–Trinajstić information content (AvgIpc) is 3.55. The number of hydrogen-bond acceptors (Lipinski definition) is 6. The maximum absolute atomic E-state index is 13.9. The first-order chi connectivity index (χ1) is 18.2. The van der Waals surface area contributed by atoms with E-state index in [1.54, 1.807) is 29.2 Å². The molecule has 0 bridgehead atoms. The first kappa shape index (κ1) is 24.5. The van der Waals surface area contributed by atoms with E-state index in [0.717, 1.165) is 17.4 Å². The first-order valence-corrected chi connectivity index (χ1v) is 12.3. The molecule has 4 aromatic rings. The van der Waals surface area contributed by atoms with Crippen LogP contribution in [-0.4, -0.2) is 63.3 Å². The van der Waals surface area contributed by atoms with Gasteiger partial charge in [0, 0.05) is 49.4 Å². The Hall–Kier alpha value is -3.83. The molecule has 0 saturated carbocycles. The monoisotopic (exact) mass is 543 g/mol. The van der Waals surface area contributed by atoms with Crippen molar-refractivity contribution in [1.82, 2.24) is 24.4 Å². The maximum atomic E-state index is 13.9. The van der Waals surface area contributed by atoms with Crippen LogP contribution in [0, 0.1) is 0 Å². The predicted octanol–water partition coefficient (Wildman–Crippen LogP) is 4.76. The van der Waals surface area contributed by atoms with Crippen LogP contribution in [-0.2, 0) is 12.7 Å². The van der Waals surface area contributed by atoms with Crippen molar-refractivity contribution in [1.29, 1.82) is 0 Å². The van der Waals surface area contributed by atoms with Gasteiger partial charge in [0.15, 0.2) is 28.5 Å². The molecule has 1 saturated heterocycles. The second-order valence-electron chi connectivity index (χ2n) is 9.09. The Kier molecular flexibility index (Phi) is 6.11. The number of ether oxygens (including phenoxy) is 2. The minimum absolute atomic E-state index is 0.0606. The highest BCUT2D eigenvalue weighted by atomic mass is 35.5. The molecule has 0 unspecified atom stereocenters. The van der Waals surface area contributed by atoms with Crippen molar-refractivity contribution in [2.75, 3.05) is 33.0 Å². The van der Waals surface area contributed by atoms with Crippen LogP contribution in [0.3, 0.4) is 0 Å². The van der Waals surface area contributed by atoms with Crippen molar-refractivity contribution in [3.8, 4) is 22.8 Å². The number of carbonyl (C=O) groups is 1. The number of piperazine rings is 1. The molecule has 2 aliphatic heterocycles. The van der Waals surface area contributed by atoms with Crippen molar-refractivity contribution >= 4 is 23.2 Å². The fraction of sp³-hybridized carbons (Fsp3) is 0.269. The zero-order valence-corrected chi connectivity index (χ0v) is 20.7. The van der Waals surface area contributed by atoms with Gasteiger partial charge in [0.05, 0.1) is 5.69 Å². The summed E-state index contributed by atoms with van der Waals surface area (Å²) >= 11 is 5.91. The summed E-state index contributed by atoms with van der Waals surface area (Å²) in [4.78, 5) is 21.3. The lowest BCUT2D eigenvalue weighted by molar-refractivity contribution is -0.142. The van der Waals surface area contributed by atoms with E-state index < -0.39 is 17.8 Å². The van der Waals surface area contributed by atoms with Gasteiger partial charge in [-0.1, -0.05) is 29.8 Å². The predicted molar refractivity (Wildman–Crippen MR) is 132 cm³/mol. The number of rotatable bonds is 4. The fourth-order valence-electron chi connectivity index (χ4n) is 4.62. The van der Waals surface area contributed by atoms with E-state index in [1.807, 2.05) is 18.2 Å². The summed E-state index contributed by atoms with van der Waals surface area (Å²) in [5.74, 6) is 1.01. The van der Waals surface area contributed by atoms with E-state index in [1.165, 1.54) is 6.07 Å². The molecule has 2 aromatic heterocycles. The molecule has 0 aliphatic carbocycles. The van der Waals surface area contributed by atoms with Crippen molar-refractivity contribution in [2.45, 2.75) is 12.7 Å². The number of benzene rings is 2. The Morgan fingerprint density at radius 1 is 0.947 bits per heavy atom. The van der Waals surface area contributed by atoms with Gasteiger partial charge in [0.1, 0.15) is 0 Å². The molecule has 12 heteroatoms. The minimum Gasteiger partial charge on any atom is -0.454 e. The van der Waals surface area contributed by atoms with Crippen molar-refractivity contribution < 1.29 is 27.4 Å². The van der Waals surface area contributed by atoms with Gasteiger partial charge in [0.25, 0.3) is 5.91 Å². The highest BCUT2D eigenvalue weighted by Crippen LogP contribution is 2.34. The highest BCUT2D eigenvalue weighted by molar-refractivity contribution is 6.30. The molecule has 1 amide bonds. The standard InChI is InChI=1S/C26H21ClF3N5O3/c27-18-4-2-17(3-5-18)19-12-23(26(28,29)30)35-24(31-19)13-20(32-35)25(36)34-9-7-33(8-10-34)14-16-1-6-21-22(11-16)38-15-37-21/h1-6,11-13H,7-10,14-15H2. The molecule has 1 fully saturated rings. The molecule has 0 atom stereocenters. The molecule has 2 aromatic carbocycles. The highest BCUT2D eigenvalue weighted by Gasteiger charge is 2.36. The number of fused-ring (bicyclic) bond motifs is 2. The lowest BCUT2D eigenvalue weighted by atomic mass is 10.1. The van der Waals surface area contributed by atoms with Gasteiger partial charge >= 0.3 is 6.18 Å². The number of nitrogens with zero attached hydrogens (tertiary/aromatic N) is 5. The normalized spacial score (nSPS) is 15.8. The number of aromatic nitrogens is 3. The third-order valence-corrected chi connectivity index (χ3v) is 6.83. The molecule has 38 heavy (non-hydrogen) atoms. The molecule has 4 heterocycles. The third kappa shape index (κ3) is 4.74. The molecular weight excluding hydrogens is 523 g/mol. The summed E-state index contributed by atoms with van der Waals surface area (Å²) in [5.41, 5.74) is 0.485. The topological polar surface area (TPSA) is 72.2 Å². The Balaban J connectivity index is 1.20. The lowest BCUT2D eigenvalue weighted by Gasteiger charge is -2.34. The number of hydrogen-bond donors (Lipinski definition) is 0. The number of alkyl halides is 3. The van der Waals surface area contributed by atoms with Crippen LogP contribution in [0.15, 0.2) is 54.6 Å². The van der Waals surface area contributed by atoms with E-state index in [9.17, 15) is 18.0 Å². The van der Waals surface area contributed by atoms with E-state index in [2.05, 4.69) is 15.0 Å². The molecular formula is C26H21ClF3N5O3. The second kappa shape index (κ2) is 9.48. The number of halogens is 4. The van der Waals surface area contributed by atoms with E-state index in [-0.39, 0.29) is 23.8 Å². The van der Waals surface area contributed by atoms with Gasteiger partial charge < -0.3 is 14.4 Å². The van der Waals surface area contributed by atoms with Crippen LogP contribution >= 0.6 is 11.6 Å². The summed E-state index contributed by atoms with van der Waals surface area (Å²) in [7, 11) is 0. The molecule has 0 N–H and O–H groups in total. The van der Waals surface area contributed by atoms with Gasteiger partial charge in [-0.2, -0.15) is 18.3 Å². The first-order valence-electron chi connectivity index (χ1n) is 11.9. The smallest absolute Gasteiger partial charge is 0.433 e. The van der Waals surface area contributed by atoms with Crippen LogP contribution in [0.1, 0.15) is 21.7 Å². The van der Waals surface area contributed by atoms with Crippen LogP contribution in [0.5, 0.6) is 11.5 Å². The summed E-state index contributed by atoms with van der Waals surface area (Å²) in [5, 5.41) is 4.46. The van der Waals surface area contributed by atoms with Gasteiger partial charge in [-0.25, -0.2) is 9.50 Å². The van der Waals surface area contributed by atoms with Crippen molar-refractivity contribution in [2.24, 2.45) is 0 Å². The number of carbonyl (C=O) groups excluding carboxylic acids is 1.